The van der Waals surface area contributed by atoms with Crippen molar-refractivity contribution in [2.45, 2.75) is 97.7 Å². The lowest BCUT2D eigenvalue weighted by molar-refractivity contribution is -0.205. The molecule has 3 unspecified atom stereocenters. The van der Waals surface area contributed by atoms with E-state index in [4.69, 9.17) is 9.47 Å². The Labute approximate surface area is 219 Å². The van der Waals surface area contributed by atoms with Crippen LogP contribution in [0.4, 0.5) is 0 Å². The molecule has 204 valence electrons. The standard InChI is InChI=1S/C30H42O7/c1-16(2)26(34)36-15-24(33)30(37-27(35)18-6-7-18)11-9-21-20-12-17(3)22-13-19(31)8-10-28(22,4)25(20)23(32)14-29(21,30)5/h13,16-18,20-21,23,25,32H,6-12,14-15H2,1-5H3/t17-,20?,21?,23-,25?,28-,29-,30-/m0/s1. The maximum Gasteiger partial charge on any atom is 0.309 e. The second-order valence-corrected chi connectivity index (χ2v) is 13.4. The highest BCUT2D eigenvalue weighted by Gasteiger charge is 2.71. The first-order valence-corrected chi connectivity index (χ1v) is 14.2. The number of aliphatic hydroxyl groups is 1. The lowest BCUT2D eigenvalue weighted by atomic mass is 9.44. The zero-order chi connectivity index (χ0) is 26.9. The zero-order valence-corrected chi connectivity index (χ0v) is 22.9. The highest BCUT2D eigenvalue weighted by Crippen LogP contribution is 2.69. The third kappa shape index (κ3) is 4.02. The monoisotopic (exact) mass is 514 g/mol. The first-order valence-electron chi connectivity index (χ1n) is 14.2. The maximum atomic E-state index is 13.9. The summed E-state index contributed by atoms with van der Waals surface area (Å²) in [6.45, 7) is 9.39. The van der Waals surface area contributed by atoms with Gasteiger partial charge in [0.05, 0.1) is 17.9 Å². The molecule has 7 nitrogen and oxygen atoms in total. The molecule has 0 aromatic carbocycles. The number of esters is 2. The van der Waals surface area contributed by atoms with Crippen LogP contribution < -0.4 is 0 Å². The van der Waals surface area contributed by atoms with Crippen LogP contribution in [-0.2, 0) is 28.7 Å². The van der Waals surface area contributed by atoms with Gasteiger partial charge in [-0.3, -0.25) is 19.2 Å². The van der Waals surface area contributed by atoms with Crippen molar-refractivity contribution >= 4 is 23.5 Å². The fraction of sp³-hybridized carbons (Fsp3) is 0.800. The summed E-state index contributed by atoms with van der Waals surface area (Å²) in [6.07, 6.45) is 6.16. The molecule has 0 bridgehead atoms. The zero-order valence-electron chi connectivity index (χ0n) is 22.9. The van der Waals surface area contributed by atoms with E-state index in [1.165, 1.54) is 0 Å². The van der Waals surface area contributed by atoms with E-state index in [2.05, 4.69) is 13.8 Å². The van der Waals surface area contributed by atoms with Gasteiger partial charge in [-0.2, -0.15) is 0 Å². The number of rotatable bonds is 6. The highest BCUT2D eigenvalue weighted by molar-refractivity contribution is 5.94. The molecule has 5 aliphatic rings. The van der Waals surface area contributed by atoms with Gasteiger partial charge in [0.2, 0.25) is 5.78 Å². The van der Waals surface area contributed by atoms with E-state index in [0.717, 1.165) is 31.3 Å². The van der Waals surface area contributed by atoms with Crippen molar-refractivity contribution in [1.29, 1.82) is 0 Å². The molecule has 0 aliphatic heterocycles. The molecule has 4 saturated carbocycles. The molecular weight excluding hydrogens is 472 g/mol. The minimum Gasteiger partial charge on any atom is -0.457 e. The molecule has 4 fully saturated rings. The molecule has 7 heteroatoms. The normalized spacial score (nSPS) is 42.8. The Morgan fingerprint density at radius 2 is 1.84 bits per heavy atom. The molecule has 0 amide bonds. The first-order chi connectivity index (χ1) is 17.3. The van der Waals surface area contributed by atoms with Crippen molar-refractivity contribution in [2.24, 2.45) is 46.3 Å². The summed E-state index contributed by atoms with van der Waals surface area (Å²) in [5.74, 6) is -1.12. The lowest BCUT2D eigenvalue weighted by Gasteiger charge is -2.62. The van der Waals surface area contributed by atoms with E-state index in [9.17, 15) is 24.3 Å². The van der Waals surface area contributed by atoms with Crippen molar-refractivity contribution in [3.05, 3.63) is 11.6 Å². The number of fused-ring (bicyclic) bond motifs is 5. The third-order valence-electron chi connectivity index (χ3n) is 10.8. The Kier molecular flexibility index (Phi) is 6.49. The van der Waals surface area contributed by atoms with E-state index in [1.807, 2.05) is 13.0 Å². The van der Waals surface area contributed by atoms with Crippen LogP contribution in [0.25, 0.3) is 0 Å². The van der Waals surface area contributed by atoms with Crippen LogP contribution in [0, 0.1) is 46.3 Å². The summed E-state index contributed by atoms with van der Waals surface area (Å²) in [7, 11) is 0. The minimum absolute atomic E-state index is 0.00932. The molecule has 0 aromatic heterocycles. The Bertz CT molecular complexity index is 1040. The van der Waals surface area contributed by atoms with Gasteiger partial charge in [-0.05, 0) is 80.1 Å². The van der Waals surface area contributed by atoms with Gasteiger partial charge in [0.25, 0.3) is 0 Å². The number of allylic oxidation sites excluding steroid dienone is 1. The summed E-state index contributed by atoms with van der Waals surface area (Å²) in [6, 6.07) is 0. The van der Waals surface area contributed by atoms with Crippen LogP contribution in [0.5, 0.6) is 0 Å². The number of Topliss-reactive ketones (excluding diaryl/α,β-unsaturated/α-hetero) is 1. The minimum atomic E-state index is -1.41. The molecule has 5 aliphatic carbocycles. The van der Waals surface area contributed by atoms with Crippen molar-refractivity contribution in [3.8, 4) is 0 Å². The number of hydrogen-bond donors (Lipinski definition) is 1. The Morgan fingerprint density at radius 1 is 1.14 bits per heavy atom. The lowest BCUT2D eigenvalue weighted by Crippen LogP contribution is -2.64. The van der Waals surface area contributed by atoms with Crippen LogP contribution in [0.15, 0.2) is 11.6 Å². The maximum absolute atomic E-state index is 13.9. The number of carbonyl (C=O) groups is 4. The van der Waals surface area contributed by atoms with E-state index in [1.54, 1.807) is 13.8 Å². The van der Waals surface area contributed by atoms with E-state index in [-0.39, 0.29) is 58.5 Å². The largest absolute Gasteiger partial charge is 0.457 e. The molecule has 0 radical (unpaired) electrons. The molecule has 37 heavy (non-hydrogen) atoms. The molecule has 0 aromatic rings. The van der Waals surface area contributed by atoms with Crippen LogP contribution in [0.3, 0.4) is 0 Å². The van der Waals surface area contributed by atoms with Crippen LogP contribution in [0.2, 0.25) is 0 Å². The van der Waals surface area contributed by atoms with Gasteiger partial charge in [0.1, 0.15) is 0 Å². The predicted octanol–water partition coefficient (Wildman–Crippen LogP) is 4.20. The number of ether oxygens (including phenoxy) is 2. The molecule has 8 atom stereocenters. The van der Waals surface area contributed by atoms with Gasteiger partial charge in [0, 0.05) is 11.8 Å². The molecule has 0 heterocycles. The predicted molar refractivity (Wildman–Crippen MR) is 135 cm³/mol. The second-order valence-electron chi connectivity index (χ2n) is 13.4. The Morgan fingerprint density at radius 3 is 2.49 bits per heavy atom. The van der Waals surface area contributed by atoms with Gasteiger partial charge in [-0.25, -0.2) is 0 Å². The molecule has 1 N–H and O–H groups in total. The molecule has 0 saturated heterocycles. The average molecular weight is 515 g/mol. The van der Waals surface area contributed by atoms with Crippen molar-refractivity contribution in [2.75, 3.05) is 6.61 Å². The van der Waals surface area contributed by atoms with Crippen LogP contribution in [-0.4, -0.2) is 46.9 Å². The summed E-state index contributed by atoms with van der Waals surface area (Å²) in [4.78, 5) is 51.4. The van der Waals surface area contributed by atoms with E-state index in [0.29, 0.717) is 25.7 Å². The molecule has 0 spiro atoms. The summed E-state index contributed by atoms with van der Waals surface area (Å²) in [5, 5.41) is 11.8. The fourth-order valence-corrected chi connectivity index (χ4v) is 8.78. The Balaban J connectivity index is 1.50. The Hall–Kier alpha value is -2.02. The van der Waals surface area contributed by atoms with Gasteiger partial charge in [-0.15, -0.1) is 0 Å². The SMILES string of the molecule is CC(C)C(=O)OCC(=O)[C@@]1(OC(=O)C2CC2)CCC2C3C[C@H](C)C4=CC(=O)CC[C@]4(C)C3[C@@H](O)C[C@@]21C. The van der Waals surface area contributed by atoms with Gasteiger partial charge in [0.15, 0.2) is 18.0 Å². The van der Waals surface area contributed by atoms with Crippen LogP contribution in [0.1, 0.15) is 86.0 Å². The summed E-state index contributed by atoms with van der Waals surface area (Å²) >= 11 is 0. The van der Waals surface area contributed by atoms with Crippen molar-refractivity contribution in [1.82, 2.24) is 0 Å². The quantitative estimate of drug-likeness (QED) is 0.530. The molecule has 5 rings (SSSR count). The number of hydrogen-bond acceptors (Lipinski definition) is 7. The summed E-state index contributed by atoms with van der Waals surface area (Å²) < 4.78 is 11.6. The van der Waals surface area contributed by atoms with Gasteiger partial charge < -0.3 is 14.6 Å². The first kappa shape index (κ1) is 26.6. The number of carbonyl (C=O) groups excluding carboxylic acids is 4. The van der Waals surface area contributed by atoms with E-state index < -0.39 is 29.7 Å². The highest BCUT2D eigenvalue weighted by atomic mass is 16.6. The fourth-order valence-electron chi connectivity index (χ4n) is 8.78. The van der Waals surface area contributed by atoms with Gasteiger partial charge >= 0.3 is 11.9 Å². The van der Waals surface area contributed by atoms with Crippen LogP contribution >= 0.6 is 0 Å². The van der Waals surface area contributed by atoms with E-state index >= 15 is 0 Å². The van der Waals surface area contributed by atoms with Crippen molar-refractivity contribution < 1.29 is 33.8 Å². The van der Waals surface area contributed by atoms with Crippen molar-refractivity contribution in [3.63, 3.8) is 0 Å². The number of ketones is 2. The third-order valence-corrected chi connectivity index (χ3v) is 10.8. The molecular formula is C30H42O7. The second kappa shape index (κ2) is 9.03. The smallest absolute Gasteiger partial charge is 0.309 e. The topological polar surface area (TPSA) is 107 Å². The average Bonchev–Trinajstić information content (AvgIpc) is 3.63. The van der Waals surface area contributed by atoms with Gasteiger partial charge in [-0.1, -0.05) is 40.2 Å². The number of aliphatic hydroxyl groups excluding tert-OH is 1. The summed E-state index contributed by atoms with van der Waals surface area (Å²) in [5.41, 5.74) is -1.28.